The first-order valence-corrected chi connectivity index (χ1v) is 5.70. The molecule has 3 nitrogen and oxygen atoms in total. The van der Waals surface area contributed by atoms with Crippen LogP contribution in [-0.4, -0.2) is 11.9 Å². The number of carbonyl (C=O) groups excluding carboxylic acids is 1. The minimum Gasteiger partial charge on any atom is -0.351 e. The van der Waals surface area contributed by atoms with E-state index in [1.165, 1.54) is 6.07 Å². The molecule has 1 atom stereocenters. The molecule has 1 rings (SSSR count). The summed E-state index contributed by atoms with van der Waals surface area (Å²) in [4.78, 5) is 11.6. The Hall–Kier alpha value is -1.13. The van der Waals surface area contributed by atoms with Crippen LogP contribution in [0.1, 0.15) is 25.0 Å². The lowest BCUT2D eigenvalue weighted by atomic mass is 10.0. The van der Waals surface area contributed by atoms with E-state index in [4.69, 9.17) is 5.73 Å². The van der Waals surface area contributed by atoms with Gasteiger partial charge in [-0.15, -0.1) is 12.4 Å². The fourth-order valence-electron chi connectivity index (χ4n) is 1.36. The number of amides is 1. The summed E-state index contributed by atoms with van der Waals surface area (Å²) in [6.45, 7) is 5.77. The maximum Gasteiger partial charge on any atom is 0.237 e. The summed E-state index contributed by atoms with van der Waals surface area (Å²) < 4.78 is 13.3. The number of carbonyl (C=O) groups is 1. The minimum absolute atomic E-state index is 0. The van der Waals surface area contributed by atoms with Gasteiger partial charge in [-0.05, 0) is 30.0 Å². The zero-order valence-electron chi connectivity index (χ0n) is 10.9. The molecule has 1 aromatic carbocycles. The molecule has 18 heavy (non-hydrogen) atoms. The fraction of sp³-hybridized carbons (Fsp3) is 0.462. The van der Waals surface area contributed by atoms with Crippen molar-refractivity contribution in [2.45, 2.75) is 33.4 Å². The van der Waals surface area contributed by atoms with Crippen molar-refractivity contribution in [3.05, 3.63) is 35.1 Å². The van der Waals surface area contributed by atoms with Crippen LogP contribution in [0.5, 0.6) is 0 Å². The molecule has 0 bridgehead atoms. The molecule has 0 aliphatic heterocycles. The van der Waals surface area contributed by atoms with Crippen molar-refractivity contribution in [2.75, 3.05) is 0 Å². The maximum atomic E-state index is 13.3. The SMILES string of the molecule is Cc1ccc(CNC(=O)[C@@H](N)C(C)C)cc1F.Cl. The van der Waals surface area contributed by atoms with Crippen molar-refractivity contribution in [2.24, 2.45) is 11.7 Å². The highest BCUT2D eigenvalue weighted by Gasteiger charge is 2.16. The first-order chi connectivity index (χ1) is 7.91. The minimum atomic E-state index is -0.523. The van der Waals surface area contributed by atoms with Gasteiger partial charge in [-0.2, -0.15) is 0 Å². The molecule has 0 unspecified atom stereocenters. The van der Waals surface area contributed by atoms with Gasteiger partial charge in [0.1, 0.15) is 5.82 Å². The number of hydrogen-bond acceptors (Lipinski definition) is 2. The van der Waals surface area contributed by atoms with Crippen molar-refractivity contribution in [1.82, 2.24) is 5.32 Å². The first-order valence-electron chi connectivity index (χ1n) is 5.70. The Kier molecular flexibility index (Phi) is 6.88. The normalized spacial score (nSPS) is 11.9. The molecule has 0 saturated carbocycles. The Morgan fingerprint density at radius 3 is 2.56 bits per heavy atom. The summed E-state index contributed by atoms with van der Waals surface area (Å²) in [6, 6.07) is 4.39. The van der Waals surface area contributed by atoms with E-state index < -0.39 is 6.04 Å². The van der Waals surface area contributed by atoms with Crippen LogP contribution in [0.4, 0.5) is 4.39 Å². The highest BCUT2D eigenvalue weighted by molar-refractivity contribution is 5.85. The van der Waals surface area contributed by atoms with Gasteiger partial charge in [0, 0.05) is 6.54 Å². The molecule has 0 saturated heterocycles. The third kappa shape index (κ3) is 4.63. The quantitative estimate of drug-likeness (QED) is 0.884. The van der Waals surface area contributed by atoms with E-state index >= 15 is 0 Å². The van der Waals surface area contributed by atoms with Crippen LogP contribution in [-0.2, 0) is 11.3 Å². The monoisotopic (exact) mass is 274 g/mol. The zero-order valence-corrected chi connectivity index (χ0v) is 11.7. The third-order valence-corrected chi connectivity index (χ3v) is 2.72. The van der Waals surface area contributed by atoms with Gasteiger partial charge >= 0.3 is 0 Å². The van der Waals surface area contributed by atoms with Gasteiger partial charge in [-0.3, -0.25) is 4.79 Å². The lowest BCUT2D eigenvalue weighted by Gasteiger charge is -2.15. The van der Waals surface area contributed by atoms with Crippen LogP contribution in [0, 0.1) is 18.7 Å². The van der Waals surface area contributed by atoms with Gasteiger partial charge < -0.3 is 11.1 Å². The van der Waals surface area contributed by atoms with Crippen LogP contribution in [0.15, 0.2) is 18.2 Å². The van der Waals surface area contributed by atoms with Gasteiger partial charge in [-0.25, -0.2) is 4.39 Å². The zero-order chi connectivity index (χ0) is 13.0. The van der Waals surface area contributed by atoms with Crippen molar-refractivity contribution in [1.29, 1.82) is 0 Å². The summed E-state index contributed by atoms with van der Waals surface area (Å²) >= 11 is 0. The van der Waals surface area contributed by atoms with E-state index in [1.807, 2.05) is 13.8 Å². The standard InChI is InChI=1S/C13H19FN2O.ClH/c1-8(2)12(15)13(17)16-7-10-5-4-9(3)11(14)6-10;/h4-6,8,12H,7,15H2,1-3H3,(H,16,17);1H/t12-;/m0./s1. The summed E-state index contributed by atoms with van der Waals surface area (Å²) in [7, 11) is 0. The van der Waals surface area contributed by atoms with Crippen molar-refractivity contribution >= 4 is 18.3 Å². The third-order valence-electron chi connectivity index (χ3n) is 2.72. The van der Waals surface area contributed by atoms with E-state index in [1.54, 1.807) is 19.1 Å². The molecular formula is C13H20ClFN2O. The molecule has 3 N–H and O–H groups in total. The topological polar surface area (TPSA) is 55.1 Å². The molecule has 5 heteroatoms. The average molecular weight is 275 g/mol. The second-order valence-corrected chi connectivity index (χ2v) is 4.57. The lowest BCUT2D eigenvalue weighted by molar-refractivity contribution is -0.123. The first kappa shape index (κ1) is 16.9. The van der Waals surface area contributed by atoms with E-state index in [0.29, 0.717) is 12.1 Å². The number of halogens is 2. The molecule has 0 spiro atoms. The molecule has 0 radical (unpaired) electrons. The van der Waals surface area contributed by atoms with Crippen LogP contribution in [0.2, 0.25) is 0 Å². The second-order valence-electron chi connectivity index (χ2n) is 4.57. The van der Waals surface area contributed by atoms with Crippen LogP contribution in [0.3, 0.4) is 0 Å². The van der Waals surface area contributed by atoms with E-state index in [2.05, 4.69) is 5.32 Å². The lowest BCUT2D eigenvalue weighted by Crippen LogP contribution is -2.43. The van der Waals surface area contributed by atoms with Gasteiger partial charge in [0.2, 0.25) is 5.91 Å². The Balaban J connectivity index is 0.00000289. The number of rotatable bonds is 4. The molecule has 0 fully saturated rings. The molecule has 1 amide bonds. The number of nitrogens with two attached hydrogens (primary N) is 1. The van der Waals surface area contributed by atoms with E-state index in [0.717, 1.165) is 5.56 Å². The molecule has 0 aliphatic rings. The smallest absolute Gasteiger partial charge is 0.237 e. The summed E-state index contributed by atoms with van der Waals surface area (Å²) in [5, 5.41) is 2.70. The van der Waals surface area contributed by atoms with Gasteiger partial charge in [-0.1, -0.05) is 26.0 Å². The molecule has 0 aromatic heterocycles. The second kappa shape index (κ2) is 7.34. The summed E-state index contributed by atoms with van der Waals surface area (Å²) in [5.74, 6) is -0.379. The van der Waals surface area contributed by atoms with Crippen LogP contribution >= 0.6 is 12.4 Å². The highest BCUT2D eigenvalue weighted by atomic mass is 35.5. The molecular weight excluding hydrogens is 255 g/mol. The van der Waals surface area contributed by atoms with Crippen LogP contribution < -0.4 is 11.1 Å². The highest BCUT2D eigenvalue weighted by Crippen LogP contribution is 2.09. The van der Waals surface area contributed by atoms with E-state index in [9.17, 15) is 9.18 Å². The molecule has 1 aromatic rings. The predicted octanol–water partition coefficient (Wildman–Crippen LogP) is 2.16. The van der Waals surface area contributed by atoms with Gasteiger partial charge in [0.25, 0.3) is 0 Å². The Labute approximate surface area is 113 Å². The Morgan fingerprint density at radius 1 is 1.44 bits per heavy atom. The molecule has 0 aliphatic carbocycles. The Bertz CT molecular complexity index is 410. The maximum absolute atomic E-state index is 13.3. The largest absolute Gasteiger partial charge is 0.351 e. The van der Waals surface area contributed by atoms with Gasteiger partial charge in [0.05, 0.1) is 6.04 Å². The number of hydrogen-bond donors (Lipinski definition) is 2. The van der Waals surface area contributed by atoms with Crippen LogP contribution in [0.25, 0.3) is 0 Å². The number of aryl methyl sites for hydroxylation is 1. The van der Waals surface area contributed by atoms with Crippen molar-refractivity contribution in [3.63, 3.8) is 0 Å². The predicted molar refractivity (Wildman–Crippen MR) is 73.0 cm³/mol. The number of benzene rings is 1. The number of nitrogens with one attached hydrogen (secondary N) is 1. The molecule has 0 heterocycles. The van der Waals surface area contributed by atoms with Crippen molar-refractivity contribution in [3.8, 4) is 0 Å². The summed E-state index contributed by atoms with van der Waals surface area (Å²) in [5.41, 5.74) is 7.02. The van der Waals surface area contributed by atoms with Gasteiger partial charge in [0.15, 0.2) is 0 Å². The Morgan fingerprint density at radius 2 is 2.06 bits per heavy atom. The molecule has 102 valence electrons. The van der Waals surface area contributed by atoms with Crippen molar-refractivity contribution < 1.29 is 9.18 Å². The average Bonchev–Trinajstić information content (AvgIpc) is 2.29. The summed E-state index contributed by atoms with van der Waals surface area (Å²) in [6.07, 6.45) is 0. The fourth-order valence-corrected chi connectivity index (χ4v) is 1.36. The van der Waals surface area contributed by atoms with E-state index in [-0.39, 0.29) is 30.0 Å².